The average Bonchev–Trinajstić information content (AvgIpc) is 3.37. The van der Waals surface area contributed by atoms with E-state index in [4.69, 9.17) is 4.74 Å². The van der Waals surface area contributed by atoms with Crippen LogP contribution in [0.1, 0.15) is 17.4 Å². The molecule has 1 aliphatic heterocycles. The van der Waals surface area contributed by atoms with Crippen molar-refractivity contribution < 1.29 is 9.13 Å². The lowest BCUT2D eigenvalue weighted by Gasteiger charge is -2.34. The van der Waals surface area contributed by atoms with Gasteiger partial charge in [0.15, 0.2) is 0 Å². The van der Waals surface area contributed by atoms with Crippen LogP contribution in [0.4, 0.5) is 4.39 Å². The number of imidazole rings is 1. The zero-order valence-electron chi connectivity index (χ0n) is 15.4. The maximum atomic E-state index is 13.6. The van der Waals surface area contributed by atoms with Crippen LogP contribution in [0.15, 0.2) is 60.9 Å². The molecule has 0 amide bonds. The number of nitrogens with one attached hydrogen (secondary N) is 2. The molecule has 0 aliphatic carbocycles. The molecule has 142 valence electrons. The van der Waals surface area contributed by atoms with Crippen LogP contribution in [0.2, 0.25) is 0 Å². The quantitative estimate of drug-likeness (QED) is 0.559. The Kier molecular flexibility index (Phi) is 4.43. The molecule has 4 aromatic rings. The minimum atomic E-state index is -0.254. The Hall–Kier alpha value is -2.96. The first-order valence-electron chi connectivity index (χ1n) is 9.45. The van der Waals surface area contributed by atoms with Crippen LogP contribution in [0, 0.1) is 5.82 Å². The summed E-state index contributed by atoms with van der Waals surface area (Å²) in [6.45, 7) is 2.93. The van der Waals surface area contributed by atoms with Crippen LogP contribution >= 0.6 is 0 Å². The van der Waals surface area contributed by atoms with Gasteiger partial charge in [-0.1, -0.05) is 30.3 Å². The number of para-hydroxylation sites is 1. The molecule has 0 radical (unpaired) electrons. The molecular weight excluding hydrogens is 355 g/mol. The highest BCUT2D eigenvalue weighted by Gasteiger charge is 2.27. The van der Waals surface area contributed by atoms with Gasteiger partial charge in [0.1, 0.15) is 11.6 Å². The third kappa shape index (κ3) is 3.21. The summed E-state index contributed by atoms with van der Waals surface area (Å²) in [6.07, 6.45) is 3.85. The summed E-state index contributed by atoms with van der Waals surface area (Å²) in [6, 6.07) is 14.9. The predicted octanol–water partition coefficient (Wildman–Crippen LogP) is 4.27. The second-order valence-corrected chi connectivity index (χ2v) is 7.11. The molecule has 1 atom stereocenters. The highest BCUT2D eigenvalue weighted by atomic mass is 19.1. The molecule has 5 rings (SSSR count). The number of hydrogen-bond donors (Lipinski definition) is 2. The molecule has 2 N–H and O–H groups in total. The number of ether oxygens (including phenoxy) is 1. The molecule has 2 aromatic carbocycles. The molecule has 6 heteroatoms. The standard InChI is InChI=1S/C22H21FN4O/c23-17-5-3-4-15(10-17)20-12-25-22(26-20)21-14-28-9-8-27(21)13-16-11-24-19-7-2-1-6-18(16)19/h1-7,10-12,21,24H,8-9,13-14H2,(H,25,26)/t21-/m0/s1. The normalized spacial score (nSPS) is 18.0. The second-order valence-electron chi connectivity index (χ2n) is 7.11. The van der Waals surface area contributed by atoms with Crippen molar-refractivity contribution in [3.05, 3.63) is 78.1 Å². The molecule has 0 saturated carbocycles. The maximum Gasteiger partial charge on any atom is 0.126 e. The van der Waals surface area contributed by atoms with Crippen LogP contribution in [-0.2, 0) is 11.3 Å². The number of nitrogens with zero attached hydrogens (tertiary/aromatic N) is 2. The van der Waals surface area contributed by atoms with E-state index in [-0.39, 0.29) is 11.9 Å². The highest BCUT2D eigenvalue weighted by molar-refractivity contribution is 5.82. The minimum absolute atomic E-state index is 0.0321. The summed E-state index contributed by atoms with van der Waals surface area (Å²) >= 11 is 0. The fourth-order valence-corrected chi connectivity index (χ4v) is 3.87. The van der Waals surface area contributed by atoms with Crippen molar-refractivity contribution >= 4 is 10.9 Å². The Labute approximate surface area is 162 Å². The largest absolute Gasteiger partial charge is 0.378 e. The van der Waals surface area contributed by atoms with Crippen molar-refractivity contribution in [2.24, 2.45) is 0 Å². The minimum Gasteiger partial charge on any atom is -0.378 e. The second kappa shape index (κ2) is 7.22. The van der Waals surface area contributed by atoms with Crippen LogP contribution in [0.3, 0.4) is 0 Å². The molecule has 1 fully saturated rings. The van der Waals surface area contributed by atoms with Crippen LogP contribution in [0.5, 0.6) is 0 Å². The first-order chi connectivity index (χ1) is 13.8. The highest BCUT2D eigenvalue weighted by Crippen LogP contribution is 2.28. The van der Waals surface area contributed by atoms with Crippen molar-refractivity contribution in [2.75, 3.05) is 19.8 Å². The number of benzene rings is 2. The van der Waals surface area contributed by atoms with Crippen LogP contribution in [-0.4, -0.2) is 39.6 Å². The summed E-state index contributed by atoms with van der Waals surface area (Å²) in [5, 5.41) is 1.24. The van der Waals surface area contributed by atoms with Gasteiger partial charge in [-0.15, -0.1) is 0 Å². The Bertz CT molecular complexity index is 1100. The van der Waals surface area contributed by atoms with Crippen LogP contribution in [0.25, 0.3) is 22.2 Å². The van der Waals surface area contributed by atoms with E-state index in [1.165, 1.54) is 23.1 Å². The lowest BCUT2D eigenvalue weighted by atomic mass is 10.1. The number of H-pyrrole nitrogens is 2. The average molecular weight is 376 g/mol. The molecule has 1 aliphatic rings. The third-order valence-corrected chi connectivity index (χ3v) is 5.33. The first-order valence-corrected chi connectivity index (χ1v) is 9.45. The van der Waals surface area contributed by atoms with E-state index in [1.807, 2.05) is 12.1 Å². The lowest BCUT2D eigenvalue weighted by molar-refractivity contribution is -0.0154. The zero-order chi connectivity index (χ0) is 18.9. The number of morpholine rings is 1. The molecule has 1 saturated heterocycles. The summed E-state index contributed by atoms with van der Waals surface area (Å²) in [5.41, 5.74) is 4.01. The van der Waals surface area contributed by atoms with Gasteiger partial charge in [-0.2, -0.15) is 0 Å². The summed E-state index contributed by atoms with van der Waals surface area (Å²) in [4.78, 5) is 13.7. The summed E-state index contributed by atoms with van der Waals surface area (Å²) < 4.78 is 19.3. The fourth-order valence-electron chi connectivity index (χ4n) is 3.87. The maximum absolute atomic E-state index is 13.6. The summed E-state index contributed by atoms with van der Waals surface area (Å²) in [7, 11) is 0. The van der Waals surface area contributed by atoms with E-state index in [2.05, 4.69) is 44.2 Å². The number of fused-ring (bicyclic) bond motifs is 1. The molecule has 0 bridgehead atoms. The Morgan fingerprint density at radius 3 is 3.04 bits per heavy atom. The molecule has 0 unspecified atom stereocenters. The molecule has 28 heavy (non-hydrogen) atoms. The van der Waals surface area contributed by atoms with Crippen molar-refractivity contribution in [3.8, 4) is 11.3 Å². The fraction of sp³-hybridized carbons (Fsp3) is 0.227. The third-order valence-electron chi connectivity index (χ3n) is 5.33. The van der Waals surface area contributed by atoms with Gasteiger partial charge in [-0.3, -0.25) is 4.90 Å². The predicted molar refractivity (Wildman–Crippen MR) is 106 cm³/mol. The Balaban J connectivity index is 1.42. The zero-order valence-corrected chi connectivity index (χ0v) is 15.4. The number of rotatable bonds is 4. The van der Waals surface area contributed by atoms with E-state index in [9.17, 15) is 4.39 Å². The van der Waals surface area contributed by atoms with E-state index < -0.39 is 0 Å². The number of aromatic amines is 2. The monoisotopic (exact) mass is 376 g/mol. The lowest BCUT2D eigenvalue weighted by Crippen LogP contribution is -2.39. The van der Waals surface area contributed by atoms with E-state index in [0.29, 0.717) is 13.2 Å². The van der Waals surface area contributed by atoms with Gasteiger partial charge < -0.3 is 14.7 Å². The van der Waals surface area contributed by atoms with Crippen molar-refractivity contribution in [3.63, 3.8) is 0 Å². The number of halogens is 1. The molecule has 0 spiro atoms. The topological polar surface area (TPSA) is 56.9 Å². The smallest absolute Gasteiger partial charge is 0.126 e. The van der Waals surface area contributed by atoms with Gasteiger partial charge in [-0.25, -0.2) is 9.37 Å². The van der Waals surface area contributed by atoms with E-state index in [0.717, 1.165) is 35.7 Å². The first kappa shape index (κ1) is 17.2. The SMILES string of the molecule is Fc1cccc(-c2cnc([C@@H]3COCCN3Cc3c[nH]c4ccccc34)[nH]2)c1. The van der Waals surface area contributed by atoms with Crippen molar-refractivity contribution in [2.45, 2.75) is 12.6 Å². The number of hydrogen-bond acceptors (Lipinski definition) is 3. The summed E-state index contributed by atoms with van der Waals surface area (Å²) in [5.74, 6) is 0.592. The molecule has 3 heterocycles. The van der Waals surface area contributed by atoms with Gasteiger partial charge >= 0.3 is 0 Å². The molecular formula is C22H21FN4O. The van der Waals surface area contributed by atoms with Gasteiger partial charge in [0.25, 0.3) is 0 Å². The Morgan fingerprint density at radius 1 is 1.18 bits per heavy atom. The van der Waals surface area contributed by atoms with Crippen molar-refractivity contribution in [1.82, 2.24) is 19.9 Å². The molecule has 5 nitrogen and oxygen atoms in total. The molecule has 2 aromatic heterocycles. The van der Waals surface area contributed by atoms with Gasteiger partial charge in [-0.05, 0) is 23.8 Å². The van der Waals surface area contributed by atoms with Gasteiger partial charge in [0.05, 0.1) is 31.1 Å². The van der Waals surface area contributed by atoms with Crippen molar-refractivity contribution in [1.29, 1.82) is 0 Å². The van der Waals surface area contributed by atoms with Gasteiger partial charge in [0.2, 0.25) is 0 Å². The van der Waals surface area contributed by atoms with E-state index in [1.54, 1.807) is 12.3 Å². The van der Waals surface area contributed by atoms with Gasteiger partial charge in [0, 0.05) is 35.8 Å². The van der Waals surface area contributed by atoms with E-state index >= 15 is 0 Å². The Morgan fingerprint density at radius 2 is 2.11 bits per heavy atom. The van der Waals surface area contributed by atoms with Crippen LogP contribution < -0.4 is 0 Å². The number of aromatic nitrogens is 3.